The Morgan fingerprint density at radius 3 is 2.50 bits per heavy atom. The molecule has 12 heavy (non-hydrogen) atoms. The zero-order chi connectivity index (χ0) is 8.27. The van der Waals surface area contributed by atoms with Crippen molar-refractivity contribution in [1.82, 2.24) is 0 Å². The Kier molecular flexibility index (Phi) is 4.64. The Labute approximate surface area is 79.7 Å². The number of halogens is 1. The quantitative estimate of drug-likeness (QED) is 0.701. The summed E-state index contributed by atoms with van der Waals surface area (Å²) < 4.78 is 0. The standard InChI is InChI=1S/C10H13N.ClH/c1-3-10(11)9-7-5-4-6-8(9)2;/h3-7,10H,1,11H2,2H3;1H. The molecule has 0 bridgehead atoms. The Bertz CT molecular complexity index is 258. The zero-order valence-corrected chi connectivity index (χ0v) is 7.97. The van der Waals surface area contributed by atoms with Gasteiger partial charge in [0, 0.05) is 6.04 Å². The highest BCUT2D eigenvalue weighted by Gasteiger charge is 2.01. The van der Waals surface area contributed by atoms with E-state index in [1.807, 2.05) is 18.2 Å². The minimum atomic E-state index is -0.0313. The first-order valence-corrected chi connectivity index (χ1v) is 3.69. The molecule has 1 rings (SSSR count). The van der Waals surface area contributed by atoms with Crippen LogP contribution in [0.15, 0.2) is 36.9 Å². The van der Waals surface area contributed by atoms with Gasteiger partial charge >= 0.3 is 0 Å². The summed E-state index contributed by atoms with van der Waals surface area (Å²) in [6, 6.07) is 8.05. The highest BCUT2D eigenvalue weighted by molar-refractivity contribution is 5.85. The lowest BCUT2D eigenvalue weighted by Gasteiger charge is -2.08. The summed E-state index contributed by atoms with van der Waals surface area (Å²) in [6.07, 6.45) is 1.75. The van der Waals surface area contributed by atoms with Gasteiger partial charge in [-0.15, -0.1) is 19.0 Å². The molecule has 0 radical (unpaired) electrons. The molecular formula is C10H14ClN. The maximum Gasteiger partial charge on any atom is 0.0481 e. The van der Waals surface area contributed by atoms with E-state index in [4.69, 9.17) is 5.73 Å². The second-order valence-electron chi connectivity index (χ2n) is 2.62. The smallest absolute Gasteiger partial charge is 0.0481 e. The van der Waals surface area contributed by atoms with Crippen LogP contribution in [-0.2, 0) is 0 Å². The van der Waals surface area contributed by atoms with E-state index in [-0.39, 0.29) is 18.4 Å². The number of rotatable bonds is 2. The summed E-state index contributed by atoms with van der Waals surface area (Å²) in [4.78, 5) is 0. The molecule has 0 heterocycles. The van der Waals surface area contributed by atoms with Crippen molar-refractivity contribution in [3.8, 4) is 0 Å². The van der Waals surface area contributed by atoms with Crippen molar-refractivity contribution in [2.75, 3.05) is 0 Å². The molecule has 66 valence electrons. The van der Waals surface area contributed by atoms with Crippen LogP contribution >= 0.6 is 12.4 Å². The molecule has 1 unspecified atom stereocenters. The first kappa shape index (κ1) is 11.2. The van der Waals surface area contributed by atoms with Crippen LogP contribution in [-0.4, -0.2) is 0 Å². The summed E-state index contributed by atoms with van der Waals surface area (Å²) in [6.45, 7) is 5.71. The summed E-state index contributed by atoms with van der Waals surface area (Å²) in [5, 5.41) is 0. The van der Waals surface area contributed by atoms with E-state index in [0.29, 0.717) is 0 Å². The van der Waals surface area contributed by atoms with Gasteiger partial charge in [-0.05, 0) is 18.1 Å². The van der Waals surface area contributed by atoms with Gasteiger partial charge < -0.3 is 5.73 Å². The van der Waals surface area contributed by atoms with E-state index >= 15 is 0 Å². The maximum absolute atomic E-state index is 5.78. The van der Waals surface area contributed by atoms with Crippen LogP contribution in [0.1, 0.15) is 17.2 Å². The predicted molar refractivity (Wildman–Crippen MR) is 55.6 cm³/mol. The highest BCUT2D eigenvalue weighted by atomic mass is 35.5. The first-order valence-electron chi connectivity index (χ1n) is 3.69. The molecule has 0 spiro atoms. The van der Waals surface area contributed by atoms with E-state index < -0.39 is 0 Å². The van der Waals surface area contributed by atoms with Crippen LogP contribution < -0.4 is 5.73 Å². The molecule has 1 aromatic rings. The molecule has 0 saturated heterocycles. The molecule has 2 N–H and O–H groups in total. The van der Waals surface area contributed by atoms with Gasteiger partial charge in [0.2, 0.25) is 0 Å². The van der Waals surface area contributed by atoms with Crippen molar-refractivity contribution in [1.29, 1.82) is 0 Å². The molecule has 0 aliphatic heterocycles. The predicted octanol–water partition coefficient (Wildman–Crippen LogP) is 2.60. The molecule has 1 atom stereocenters. The van der Waals surface area contributed by atoms with Crippen molar-refractivity contribution >= 4 is 12.4 Å². The van der Waals surface area contributed by atoms with E-state index in [0.717, 1.165) is 5.56 Å². The normalized spacial score (nSPS) is 11.5. The van der Waals surface area contributed by atoms with Crippen molar-refractivity contribution in [3.63, 3.8) is 0 Å². The van der Waals surface area contributed by atoms with Gasteiger partial charge in [-0.3, -0.25) is 0 Å². The monoisotopic (exact) mass is 183 g/mol. The van der Waals surface area contributed by atoms with E-state index in [2.05, 4.69) is 19.6 Å². The Morgan fingerprint density at radius 2 is 2.00 bits per heavy atom. The number of aryl methyl sites for hydroxylation is 1. The Hall–Kier alpha value is -0.790. The van der Waals surface area contributed by atoms with Gasteiger partial charge in [-0.2, -0.15) is 0 Å². The molecule has 0 aromatic heterocycles. The van der Waals surface area contributed by atoms with Crippen LogP contribution in [0.4, 0.5) is 0 Å². The number of hydrogen-bond acceptors (Lipinski definition) is 1. The van der Waals surface area contributed by atoms with Crippen LogP contribution in [0.25, 0.3) is 0 Å². The molecule has 0 fully saturated rings. The van der Waals surface area contributed by atoms with Gasteiger partial charge in [0.05, 0.1) is 0 Å². The molecule has 0 aliphatic rings. The average Bonchev–Trinajstić information content (AvgIpc) is 2.04. The van der Waals surface area contributed by atoms with Crippen LogP contribution in [0.2, 0.25) is 0 Å². The fourth-order valence-electron chi connectivity index (χ4n) is 1.09. The minimum absolute atomic E-state index is 0. The Morgan fingerprint density at radius 1 is 1.42 bits per heavy atom. The summed E-state index contributed by atoms with van der Waals surface area (Å²) in [5.74, 6) is 0. The molecule has 0 saturated carbocycles. The lowest BCUT2D eigenvalue weighted by Crippen LogP contribution is -2.07. The summed E-state index contributed by atoms with van der Waals surface area (Å²) >= 11 is 0. The van der Waals surface area contributed by atoms with Gasteiger partial charge in [0.1, 0.15) is 0 Å². The fraction of sp³-hybridized carbons (Fsp3) is 0.200. The third-order valence-corrected chi connectivity index (χ3v) is 1.80. The lowest BCUT2D eigenvalue weighted by atomic mass is 10.0. The molecule has 2 heteroatoms. The molecule has 1 nitrogen and oxygen atoms in total. The lowest BCUT2D eigenvalue weighted by molar-refractivity contribution is 0.902. The average molecular weight is 184 g/mol. The van der Waals surface area contributed by atoms with Crippen molar-refractivity contribution in [2.24, 2.45) is 5.73 Å². The maximum atomic E-state index is 5.78. The Balaban J connectivity index is 0.00000121. The minimum Gasteiger partial charge on any atom is -0.321 e. The fourth-order valence-corrected chi connectivity index (χ4v) is 1.09. The summed E-state index contributed by atoms with van der Waals surface area (Å²) in [5.41, 5.74) is 8.15. The summed E-state index contributed by atoms with van der Waals surface area (Å²) in [7, 11) is 0. The van der Waals surface area contributed by atoms with Crippen LogP contribution in [0.5, 0.6) is 0 Å². The molecule has 0 amide bonds. The van der Waals surface area contributed by atoms with Gasteiger partial charge in [0.15, 0.2) is 0 Å². The third kappa shape index (κ3) is 2.36. The van der Waals surface area contributed by atoms with Crippen molar-refractivity contribution < 1.29 is 0 Å². The molecular weight excluding hydrogens is 170 g/mol. The van der Waals surface area contributed by atoms with E-state index in [1.165, 1.54) is 5.56 Å². The third-order valence-electron chi connectivity index (χ3n) is 1.80. The zero-order valence-electron chi connectivity index (χ0n) is 7.16. The molecule has 0 aliphatic carbocycles. The van der Waals surface area contributed by atoms with Crippen molar-refractivity contribution in [3.05, 3.63) is 48.0 Å². The largest absolute Gasteiger partial charge is 0.321 e. The SMILES string of the molecule is C=CC(N)c1ccccc1C.Cl. The molecule has 1 aromatic carbocycles. The number of benzene rings is 1. The first-order chi connectivity index (χ1) is 5.25. The van der Waals surface area contributed by atoms with Gasteiger partial charge in [0.25, 0.3) is 0 Å². The topological polar surface area (TPSA) is 26.0 Å². The second kappa shape index (κ2) is 4.96. The van der Waals surface area contributed by atoms with Crippen LogP contribution in [0.3, 0.4) is 0 Å². The van der Waals surface area contributed by atoms with E-state index in [9.17, 15) is 0 Å². The van der Waals surface area contributed by atoms with Gasteiger partial charge in [-0.1, -0.05) is 30.3 Å². The number of nitrogens with two attached hydrogens (primary N) is 1. The highest BCUT2D eigenvalue weighted by Crippen LogP contribution is 2.14. The number of hydrogen-bond donors (Lipinski definition) is 1. The second-order valence-corrected chi connectivity index (χ2v) is 2.62. The van der Waals surface area contributed by atoms with Gasteiger partial charge in [-0.25, -0.2) is 0 Å². The van der Waals surface area contributed by atoms with Crippen LogP contribution in [0, 0.1) is 6.92 Å². The van der Waals surface area contributed by atoms with Crippen molar-refractivity contribution in [2.45, 2.75) is 13.0 Å². The van der Waals surface area contributed by atoms with E-state index in [1.54, 1.807) is 6.08 Å².